The van der Waals surface area contributed by atoms with Crippen molar-refractivity contribution in [3.05, 3.63) is 116 Å². The molecule has 0 fully saturated rings. The summed E-state index contributed by atoms with van der Waals surface area (Å²) >= 11 is 0. The summed E-state index contributed by atoms with van der Waals surface area (Å²) in [5, 5.41) is 38.9. The Bertz CT molecular complexity index is 1270. The fourth-order valence-corrected chi connectivity index (χ4v) is 3.70. The second kappa shape index (κ2) is 18.0. The molecule has 1 unspecified atom stereocenters. The molecule has 0 bridgehead atoms. The zero-order chi connectivity index (χ0) is 25.5. The average Bonchev–Trinajstić information content (AvgIpc) is 2.93. The Hall–Kier alpha value is -2.58. The summed E-state index contributed by atoms with van der Waals surface area (Å²) in [5.41, 5.74) is 7.45. The molecule has 14 N–H and O–H groups in total. The SMILES string of the molecule is C1=C[N-]c2c3c(ccc2=C1)=CC=C[N-]3.C1=C[N-]c2c3c(ccc2=C1)=CC=C[N-]3.CC(C)C([NH3+])C(O)O.[Eu+2].[OH3+].[OH3+].[OH3+]. The minimum absolute atomic E-state index is 0. The topological polar surface area (TPSA) is 224 Å². The minimum atomic E-state index is -1.27. The molecule has 4 aliphatic rings. The standard InChI is InChI=1S/2C12H8N2.C5H13NO2.Eu.3H2O/c2*1-3-9-5-6-10-4-2-8-14-12(10)11(9)13-7-1;1-3(2)4(6)5(7)8;;;;/h2*1-8H;3-5,7-8H,6H2,1-2H3;;3*1H2/q2*-2;;+2;;;/p+4. The number of quaternary nitrogens is 1. The third kappa shape index (κ3) is 9.23. The van der Waals surface area contributed by atoms with Gasteiger partial charge >= 0.3 is 49.4 Å². The molecule has 11 heteroatoms. The van der Waals surface area contributed by atoms with E-state index in [-0.39, 0.29) is 77.8 Å². The molecule has 2 aromatic carbocycles. The second-order valence-corrected chi connectivity index (χ2v) is 8.75. The molecule has 4 heterocycles. The van der Waals surface area contributed by atoms with Crippen molar-refractivity contribution in [2.24, 2.45) is 5.92 Å². The van der Waals surface area contributed by atoms with E-state index in [1.54, 1.807) is 24.8 Å². The van der Waals surface area contributed by atoms with Crippen molar-refractivity contribution in [3.63, 3.8) is 0 Å². The van der Waals surface area contributed by atoms with Crippen LogP contribution in [-0.2, 0) is 16.4 Å². The number of nitrogens with zero attached hydrogens (tertiary/aromatic N) is 4. The Morgan fingerprint density at radius 3 is 0.975 bits per heavy atom. The van der Waals surface area contributed by atoms with Crippen LogP contribution in [0.25, 0.3) is 45.6 Å². The predicted octanol–water partition coefficient (Wildman–Crippen LogP) is 0.423. The van der Waals surface area contributed by atoms with Crippen molar-refractivity contribution in [2.75, 3.05) is 0 Å². The fourth-order valence-electron chi connectivity index (χ4n) is 3.70. The molecular weight excluding hydrogens is 650 g/mol. The molecule has 0 amide bonds. The zero-order valence-corrected chi connectivity index (χ0v) is 24.9. The molecule has 1 atom stereocenters. The van der Waals surface area contributed by atoms with Crippen LogP contribution in [0.2, 0.25) is 0 Å². The van der Waals surface area contributed by atoms with E-state index in [4.69, 9.17) is 10.2 Å². The van der Waals surface area contributed by atoms with Gasteiger partial charge in [-0.15, -0.1) is 22.7 Å². The summed E-state index contributed by atoms with van der Waals surface area (Å²) in [6.45, 7) is 3.80. The van der Waals surface area contributed by atoms with Gasteiger partial charge in [0, 0.05) is 5.92 Å². The summed E-state index contributed by atoms with van der Waals surface area (Å²) in [4.78, 5) is 0. The summed E-state index contributed by atoms with van der Waals surface area (Å²) in [6.07, 6.45) is 21.9. The van der Waals surface area contributed by atoms with E-state index in [2.05, 4.69) is 75.6 Å². The van der Waals surface area contributed by atoms with Crippen LogP contribution in [0.4, 0.5) is 22.7 Å². The molecule has 215 valence electrons. The van der Waals surface area contributed by atoms with Crippen molar-refractivity contribution >= 4 is 47.1 Å². The third-order valence-electron chi connectivity index (χ3n) is 5.93. The van der Waals surface area contributed by atoms with Crippen LogP contribution >= 0.6 is 0 Å². The van der Waals surface area contributed by atoms with Crippen molar-refractivity contribution < 1.29 is 81.8 Å². The van der Waals surface area contributed by atoms with Gasteiger partial charge < -0.3 is 53.6 Å². The van der Waals surface area contributed by atoms with Gasteiger partial charge in [0.1, 0.15) is 6.04 Å². The number of aliphatic hydroxyl groups excluding tert-OH is 1. The maximum Gasteiger partial charge on any atom is 2.00 e. The Labute approximate surface area is 274 Å². The number of benzene rings is 2. The monoisotopic (exact) mass is 690 g/mol. The first-order chi connectivity index (χ1) is 17.5. The first-order valence-corrected chi connectivity index (χ1v) is 11.8. The van der Waals surface area contributed by atoms with Gasteiger partial charge in [-0.1, -0.05) is 86.7 Å². The summed E-state index contributed by atoms with van der Waals surface area (Å²) in [5.74, 6) is 0.231. The number of fused-ring (bicyclic) bond motifs is 6. The van der Waals surface area contributed by atoms with Crippen molar-refractivity contribution in [2.45, 2.75) is 26.2 Å². The van der Waals surface area contributed by atoms with Gasteiger partial charge in [0.05, 0.1) is 0 Å². The van der Waals surface area contributed by atoms with Crippen molar-refractivity contribution in [1.82, 2.24) is 0 Å². The number of allylic oxidation sites excluding steroid dienone is 4. The van der Waals surface area contributed by atoms with Crippen LogP contribution in [0.1, 0.15) is 13.8 Å². The number of hydrogen-bond acceptors (Lipinski definition) is 2. The molecular formula is C29H39EuN5O5+2. The summed E-state index contributed by atoms with van der Waals surface area (Å²) in [6, 6.07) is 8.03. The molecule has 40 heavy (non-hydrogen) atoms. The minimum Gasteiger partial charge on any atom is -0.665 e. The zero-order valence-electron chi connectivity index (χ0n) is 22.5. The molecule has 0 saturated heterocycles. The quantitative estimate of drug-likeness (QED) is 0.301. The van der Waals surface area contributed by atoms with E-state index in [0.717, 1.165) is 43.6 Å². The molecule has 0 aliphatic carbocycles. The maximum absolute atomic E-state index is 8.48. The van der Waals surface area contributed by atoms with E-state index >= 15 is 0 Å². The average molecular weight is 690 g/mol. The van der Waals surface area contributed by atoms with Gasteiger partial charge in [0.15, 0.2) is 0 Å². The van der Waals surface area contributed by atoms with Gasteiger partial charge in [0.2, 0.25) is 6.29 Å². The number of aliphatic hydroxyl groups is 2. The smallest absolute Gasteiger partial charge is 0.665 e. The van der Waals surface area contributed by atoms with Gasteiger partial charge in [-0.2, -0.15) is 24.8 Å². The first kappa shape index (κ1) is 37.4. The molecule has 0 spiro atoms. The Balaban J connectivity index is 0.000000565. The second-order valence-electron chi connectivity index (χ2n) is 8.75. The van der Waals surface area contributed by atoms with Gasteiger partial charge in [-0.25, -0.2) is 0 Å². The van der Waals surface area contributed by atoms with E-state index in [1.165, 1.54) is 0 Å². The largest absolute Gasteiger partial charge is 2.00 e. The Morgan fingerprint density at radius 2 is 0.800 bits per heavy atom. The molecule has 0 aromatic heterocycles. The van der Waals surface area contributed by atoms with Gasteiger partial charge in [-0.05, 0) is 20.9 Å². The van der Waals surface area contributed by atoms with Gasteiger partial charge in [-0.3, -0.25) is 0 Å². The molecule has 6 rings (SSSR count). The van der Waals surface area contributed by atoms with E-state index in [0.29, 0.717) is 0 Å². The predicted molar refractivity (Wildman–Crippen MR) is 162 cm³/mol. The Kier molecular flexibility index (Phi) is 16.8. The summed E-state index contributed by atoms with van der Waals surface area (Å²) in [7, 11) is 0. The molecule has 10 nitrogen and oxygen atoms in total. The summed E-state index contributed by atoms with van der Waals surface area (Å²) < 4.78 is 0. The Morgan fingerprint density at radius 1 is 0.550 bits per heavy atom. The van der Waals surface area contributed by atoms with Gasteiger partial charge in [0.25, 0.3) is 0 Å². The normalized spacial score (nSPS) is 13.9. The fraction of sp³-hybridized carbons (Fsp3) is 0.172. The van der Waals surface area contributed by atoms with E-state index in [9.17, 15) is 0 Å². The number of hydrogen-bond donors (Lipinski definition) is 3. The van der Waals surface area contributed by atoms with Crippen LogP contribution in [-0.4, -0.2) is 22.5 Å². The van der Waals surface area contributed by atoms with Crippen LogP contribution in [0, 0.1) is 55.3 Å². The maximum atomic E-state index is 8.48. The van der Waals surface area contributed by atoms with E-state index < -0.39 is 6.29 Å². The van der Waals surface area contributed by atoms with Crippen molar-refractivity contribution in [3.8, 4) is 0 Å². The molecule has 0 saturated carbocycles. The molecule has 2 aromatic rings. The van der Waals surface area contributed by atoms with Crippen LogP contribution in [0.5, 0.6) is 0 Å². The molecule has 1 radical (unpaired) electrons. The molecule has 4 aliphatic heterocycles. The van der Waals surface area contributed by atoms with Crippen molar-refractivity contribution in [1.29, 1.82) is 0 Å². The first-order valence-electron chi connectivity index (χ1n) is 11.8. The van der Waals surface area contributed by atoms with Crippen LogP contribution in [0.15, 0.2) is 73.4 Å². The van der Waals surface area contributed by atoms with Crippen LogP contribution < -0.4 is 26.6 Å². The third-order valence-corrected chi connectivity index (χ3v) is 5.93. The van der Waals surface area contributed by atoms with Crippen LogP contribution in [0.3, 0.4) is 0 Å². The number of rotatable bonds is 2. The van der Waals surface area contributed by atoms with E-state index in [1.807, 2.05) is 38.2 Å².